The molecule has 1 saturated heterocycles. The molecule has 1 aromatic carbocycles. The number of furan rings is 1. The van der Waals surface area contributed by atoms with E-state index in [2.05, 4.69) is 36.1 Å². The Bertz CT molecular complexity index is 892. The first-order chi connectivity index (χ1) is 11.6. The molecule has 1 atom stereocenters. The lowest BCUT2D eigenvalue weighted by molar-refractivity contribution is -0.131. The second-order valence-corrected chi connectivity index (χ2v) is 7.95. The minimum Gasteiger partial charge on any atom is -0.464 e. The number of nitrogens with zero attached hydrogens (tertiary/aromatic N) is 1. The average Bonchev–Trinajstić information content (AvgIpc) is 3.26. The number of hydrogen-bond donors (Lipinski definition) is 0. The SMILES string of the molecule is Cc1ccc2c(CC(=O)N3CCCC3c3ccc(C)s3)coc2c1. The lowest BCUT2D eigenvalue weighted by Gasteiger charge is -2.23. The van der Waals surface area contributed by atoms with E-state index in [0.29, 0.717) is 6.42 Å². The molecule has 3 heterocycles. The van der Waals surface area contributed by atoms with E-state index in [0.717, 1.165) is 35.9 Å². The van der Waals surface area contributed by atoms with Crippen LogP contribution in [-0.2, 0) is 11.2 Å². The summed E-state index contributed by atoms with van der Waals surface area (Å²) in [5, 5.41) is 1.05. The van der Waals surface area contributed by atoms with Crippen molar-refractivity contribution in [2.75, 3.05) is 6.54 Å². The first-order valence-corrected chi connectivity index (χ1v) is 9.26. The Kier molecular flexibility index (Phi) is 3.93. The van der Waals surface area contributed by atoms with Gasteiger partial charge in [0.05, 0.1) is 18.7 Å². The van der Waals surface area contributed by atoms with E-state index < -0.39 is 0 Å². The number of amides is 1. The third-order valence-electron chi connectivity index (χ3n) is 4.82. The van der Waals surface area contributed by atoms with Crippen molar-refractivity contribution in [1.82, 2.24) is 4.90 Å². The van der Waals surface area contributed by atoms with Crippen LogP contribution in [0.3, 0.4) is 0 Å². The number of hydrogen-bond acceptors (Lipinski definition) is 3. The van der Waals surface area contributed by atoms with Gasteiger partial charge < -0.3 is 9.32 Å². The maximum Gasteiger partial charge on any atom is 0.227 e. The normalized spacial score (nSPS) is 17.8. The fourth-order valence-electron chi connectivity index (χ4n) is 3.59. The highest BCUT2D eigenvalue weighted by atomic mass is 32.1. The van der Waals surface area contributed by atoms with Crippen LogP contribution in [0.4, 0.5) is 0 Å². The van der Waals surface area contributed by atoms with Crippen molar-refractivity contribution in [2.45, 2.75) is 39.2 Å². The summed E-state index contributed by atoms with van der Waals surface area (Å²) in [6.45, 7) is 5.02. The van der Waals surface area contributed by atoms with Crippen molar-refractivity contribution in [2.24, 2.45) is 0 Å². The second kappa shape index (κ2) is 6.10. The molecule has 0 N–H and O–H groups in total. The van der Waals surface area contributed by atoms with Crippen molar-refractivity contribution in [3.05, 3.63) is 57.5 Å². The van der Waals surface area contributed by atoms with Crippen LogP contribution in [0.5, 0.6) is 0 Å². The largest absolute Gasteiger partial charge is 0.464 e. The van der Waals surface area contributed by atoms with E-state index >= 15 is 0 Å². The van der Waals surface area contributed by atoms with E-state index in [4.69, 9.17) is 4.42 Å². The second-order valence-electron chi connectivity index (χ2n) is 6.63. The van der Waals surface area contributed by atoms with Crippen molar-refractivity contribution in [3.63, 3.8) is 0 Å². The van der Waals surface area contributed by atoms with E-state index in [-0.39, 0.29) is 11.9 Å². The third kappa shape index (κ3) is 2.75. The summed E-state index contributed by atoms with van der Waals surface area (Å²) in [6.07, 6.45) is 4.30. The molecular formula is C20H21NO2S. The van der Waals surface area contributed by atoms with Gasteiger partial charge in [0, 0.05) is 27.2 Å². The molecule has 0 spiro atoms. The Hall–Kier alpha value is -2.07. The van der Waals surface area contributed by atoms with Gasteiger partial charge in [-0.05, 0) is 50.5 Å². The van der Waals surface area contributed by atoms with Gasteiger partial charge in [-0.2, -0.15) is 0 Å². The highest BCUT2D eigenvalue weighted by molar-refractivity contribution is 7.12. The molecule has 1 unspecified atom stereocenters. The molecule has 1 aliphatic heterocycles. The lowest BCUT2D eigenvalue weighted by Crippen LogP contribution is -2.31. The summed E-state index contributed by atoms with van der Waals surface area (Å²) < 4.78 is 5.64. The Balaban J connectivity index is 1.56. The van der Waals surface area contributed by atoms with Gasteiger partial charge >= 0.3 is 0 Å². The highest BCUT2D eigenvalue weighted by Gasteiger charge is 2.31. The molecule has 0 saturated carbocycles. The molecule has 0 bridgehead atoms. The molecule has 1 amide bonds. The number of carbonyl (C=O) groups excluding carboxylic acids is 1. The molecule has 3 aromatic rings. The molecule has 124 valence electrons. The van der Waals surface area contributed by atoms with Gasteiger partial charge in [0.15, 0.2) is 0 Å². The monoisotopic (exact) mass is 339 g/mol. The number of fused-ring (bicyclic) bond motifs is 1. The first-order valence-electron chi connectivity index (χ1n) is 8.44. The zero-order valence-electron chi connectivity index (χ0n) is 14.0. The molecule has 1 fully saturated rings. The molecule has 3 nitrogen and oxygen atoms in total. The molecule has 0 radical (unpaired) electrons. The summed E-state index contributed by atoms with van der Waals surface area (Å²) in [7, 11) is 0. The zero-order chi connectivity index (χ0) is 16.7. The van der Waals surface area contributed by atoms with Crippen LogP contribution in [0.2, 0.25) is 0 Å². The Morgan fingerprint density at radius 3 is 2.96 bits per heavy atom. The lowest BCUT2D eigenvalue weighted by atomic mass is 10.1. The van der Waals surface area contributed by atoms with Crippen LogP contribution in [0, 0.1) is 13.8 Å². The topological polar surface area (TPSA) is 33.5 Å². The summed E-state index contributed by atoms with van der Waals surface area (Å²) in [4.78, 5) is 17.6. The van der Waals surface area contributed by atoms with Crippen LogP contribution in [0.1, 0.15) is 39.8 Å². The minimum atomic E-state index is 0.201. The van der Waals surface area contributed by atoms with Gasteiger partial charge in [0.1, 0.15) is 5.58 Å². The standard InChI is InChI=1S/C20H21NO2S/c1-13-5-7-16-15(12-23-18(16)10-13)11-20(22)21-9-3-4-17(21)19-8-6-14(2)24-19/h5-8,10,12,17H,3-4,9,11H2,1-2H3. The van der Waals surface area contributed by atoms with Crippen LogP contribution in [0.25, 0.3) is 11.0 Å². The van der Waals surface area contributed by atoms with E-state index in [1.807, 2.05) is 13.0 Å². The summed E-state index contributed by atoms with van der Waals surface area (Å²) >= 11 is 1.81. The maximum absolute atomic E-state index is 12.9. The van der Waals surface area contributed by atoms with Crippen molar-refractivity contribution < 1.29 is 9.21 Å². The number of carbonyl (C=O) groups is 1. The molecule has 0 aliphatic carbocycles. The predicted octanol–water partition coefficient (Wildman–Crippen LogP) is 5.02. The fourth-order valence-corrected chi connectivity index (χ4v) is 4.61. The number of benzene rings is 1. The molecular weight excluding hydrogens is 318 g/mol. The molecule has 2 aromatic heterocycles. The number of rotatable bonds is 3. The van der Waals surface area contributed by atoms with Crippen LogP contribution >= 0.6 is 11.3 Å². The fraction of sp³-hybridized carbons (Fsp3) is 0.350. The van der Waals surface area contributed by atoms with Crippen LogP contribution in [-0.4, -0.2) is 17.4 Å². The van der Waals surface area contributed by atoms with Gasteiger partial charge in [-0.25, -0.2) is 0 Å². The minimum absolute atomic E-state index is 0.201. The number of likely N-dealkylation sites (tertiary alicyclic amines) is 1. The van der Waals surface area contributed by atoms with Crippen molar-refractivity contribution >= 4 is 28.2 Å². The van der Waals surface area contributed by atoms with Gasteiger partial charge in [-0.3, -0.25) is 4.79 Å². The molecule has 4 rings (SSSR count). The van der Waals surface area contributed by atoms with Gasteiger partial charge in [0.25, 0.3) is 0 Å². The van der Waals surface area contributed by atoms with Crippen molar-refractivity contribution in [1.29, 1.82) is 0 Å². The van der Waals surface area contributed by atoms with E-state index in [1.54, 1.807) is 17.6 Å². The predicted molar refractivity (Wildman–Crippen MR) is 97.4 cm³/mol. The highest BCUT2D eigenvalue weighted by Crippen LogP contribution is 2.36. The number of thiophene rings is 1. The summed E-state index contributed by atoms with van der Waals surface area (Å²) in [6, 6.07) is 10.7. The van der Waals surface area contributed by atoms with E-state index in [1.165, 1.54) is 15.3 Å². The average molecular weight is 339 g/mol. The van der Waals surface area contributed by atoms with E-state index in [9.17, 15) is 4.79 Å². The van der Waals surface area contributed by atoms with Gasteiger partial charge in [0.2, 0.25) is 5.91 Å². The Morgan fingerprint density at radius 1 is 1.29 bits per heavy atom. The van der Waals surface area contributed by atoms with Gasteiger partial charge in [-0.1, -0.05) is 12.1 Å². The van der Waals surface area contributed by atoms with Gasteiger partial charge in [-0.15, -0.1) is 11.3 Å². The zero-order valence-corrected chi connectivity index (χ0v) is 14.9. The first kappa shape index (κ1) is 15.5. The Labute approximate surface area is 145 Å². The van der Waals surface area contributed by atoms with Crippen LogP contribution < -0.4 is 0 Å². The Morgan fingerprint density at radius 2 is 2.17 bits per heavy atom. The third-order valence-corrected chi connectivity index (χ3v) is 5.92. The quantitative estimate of drug-likeness (QED) is 0.671. The number of aryl methyl sites for hydroxylation is 2. The smallest absolute Gasteiger partial charge is 0.227 e. The maximum atomic E-state index is 12.9. The summed E-state index contributed by atoms with van der Waals surface area (Å²) in [5.41, 5.74) is 3.02. The molecule has 4 heteroatoms. The summed E-state index contributed by atoms with van der Waals surface area (Å²) in [5.74, 6) is 0.201. The molecule has 1 aliphatic rings. The van der Waals surface area contributed by atoms with Crippen LogP contribution in [0.15, 0.2) is 41.0 Å². The van der Waals surface area contributed by atoms with Crippen molar-refractivity contribution in [3.8, 4) is 0 Å². The molecule has 24 heavy (non-hydrogen) atoms.